The predicted octanol–water partition coefficient (Wildman–Crippen LogP) is 3.08. The highest BCUT2D eigenvalue weighted by Crippen LogP contribution is 2.17. The Labute approximate surface area is 125 Å². The maximum absolute atomic E-state index is 12.4. The van der Waals surface area contributed by atoms with Gasteiger partial charge in [0.25, 0.3) is 5.91 Å². The van der Waals surface area contributed by atoms with Gasteiger partial charge in [-0.2, -0.15) is 0 Å². The maximum atomic E-state index is 12.4. The van der Waals surface area contributed by atoms with Crippen LogP contribution in [-0.4, -0.2) is 5.91 Å². The molecule has 0 aliphatic rings. The lowest BCUT2D eigenvalue weighted by Crippen LogP contribution is -2.27. The Hall–Kier alpha value is -2.33. The number of nitrogen functional groups attached to an aromatic ring is 1. The molecule has 0 heterocycles. The summed E-state index contributed by atoms with van der Waals surface area (Å²) in [6.45, 7) is 5.92. The Morgan fingerprint density at radius 1 is 1.10 bits per heavy atom. The molecule has 0 aromatic heterocycles. The van der Waals surface area contributed by atoms with Crippen molar-refractivity contribution in [1.29, 1.82) is 0 Å². The summed E-state index contributed by atoms with van der Waals surface area (Å²) in [4.78, 5) is 12.4. The van der Waals surface area contributed by atoms with Crippen molar-refractivity contribution in [3.05, 3.63) is 64.7 Å². The number of nitrogens with one attached hydrogen (secondary N) is 2. The summed E-state index contributed by atoms with van der Waals surface area (Å²) in [5.74, 6) is 5.28. The van der Waals surface area contributed by atoms with Gasteiger partial charge in [-0.05, 0) is 50.1 Å². The number of aryl methyl sites for hydroxylation is 2. The second kappa shape index (κ2) is 6.41. The van der Waals surface area contributed by atoms with E-state index in [1.54, 1.807) is 12.1 Å². The van der Waals surface area contributed by atoms with Crippen molar-refractivity contribution in [2.75, 3.05) is 5.43 Å². The molecule has 2 rings (SSSR count). The van der Waals surface area contributed by atoms with Gasteiger partial charge in [0, 0.05) is 11.3 Å². The summed E-state index contributed by atoms with van der Waals surface area (Å²) in [6, 6.07) is 13.6. The fraction of sp³-hybridized carbons (Fsp3) is 0.235. The third-order valence-electron chi connectivity index (χ3n) is 3.56. The Kier molecular flexibility index (Phi) is 4.60. The van der Waals surface area contributed by atoms with E-state index in [0.717, 1.165) is 16.8 Å². The van der Waals surface area contributed by atoms with Crippen LogP contribution in [0.15, 0.2) is 42.5 Å². The highest BCUT2D eigenvalue weighted by Gasteiger charge is 2.13. The lowest BCUT2D eigenvalue weighted by molar-refractivity contribution is 0.0939. The Morgan fingerprint density at radius 2 is 1.76 bits per heavy atom. The van der Waals surface area contributed by atoms with E-state index in [1.165, 1.54) is 5.56 Å². The van der Waals surface area contributed by atoms with Crippen LogP contribution in [0.25, 0.3) is 0 Å². The van der Waals surface area contributed by atoms with Gasteiger partial charge >= 0.3 is 0 Å². The number of anilines is 1. The number of hydrogen-bond acceptors (Lipinski definition) is 3. The highest BCUT2D eigenvalue weighted by atomic mass is 16.1. The van der Waals surface area contributed by atoms with Crippen LogP contribution < -0.4 is 16.6 Å². The SMILES string of the molecule is Cc1ccc(C(C)NC(=O)c2ccc(NN)cc2C)cc1. The van der Waals surface area contributed by atoms with Crippen LogP contribution in [-0.2, 0) is 0 Å². The van der Waals surface area contributed by atoms with Crippen LogP contribution in [0.5, 0.6) is 0 Å². The van der Waals surface area contributed by atoms with Crippen molar-refractivity contribution in [3.8, 4) is 0 Å². The third-order valence-corrected chi connectivity index (χ3v) is 3.56. The zero-order chi connectivity index (χ0) is 15.4. The summed E-state index contributed by atoms with van der Waals surface area (Å²) < 4.78 is 0. The van der Waals surface area contributed by atoms with Crippen molar-refractivity contribution in [2.45, 2.75) is 26.8 Å². The molecule has 4 nitrogen and oxygen atoms in total. The fourth-order valence-corrected chi connectivity index (χ4v) is 2.22. The third kappa shape index (κ3) is 3.61. The van der Waals surface area contributed by atoms with E-state index in [1.807, 2.05) is 51.1 Å². The Bertz CT molecular complexity index is 635. The van der Waals surface area contributed by atoms with Crippen LogP contribution >= 0.6 is 0 Å². The summed E-state index contributed by atoms with van der Waals surface area (Å²) in [7, 11) is 0. The summed E-state index contributed by atoms with van der Waals surface area (Å²) in [5.41, 5.74) is 7.21. The summed E-state index contributed by atoms with van der Waals surface area (Å²) >= 11 is 0. The fourth-order valence-electron chi connectivity index (χ4n) is 2.22. The van der Waals surface area contributed by atoms with E-state index < -0.39 is 0 Å². The monoisotopic (exact) mass is 283 g/mol. The molecule has 1 atom stereocenters. The van der Waals surface area contributed by atoms with Gasteiger partial charge in [0.1, 0.15) is 0 Å². The second-order valence-corrected chi connectivity index (χ2v) is 5.28. The molecule has 0 bridgehead atoms. The van der Waals surface area contributed by atoms with E-state index in [9.17, 15) is 4.79 Å². The van der Waals surface area contributed by atoms with Crippen molar-refractivity contribution in [3.63, 3.8) is 0 Å². The van der Waals surface area contributed by atoms with Gasteiger partial charge < -0.3 is 10.7 Å². The van der Waals surface area contributed by atoms with E-state index in [-0.39, 0.29) is 11.9 Å². The molecule has 1 unspecified atom stereocenters. The van der Waals surface area contributed by atoms with E-state index in [0.29, 0.717) is 5.56 Å². The van der Waals surface area contributed by atoms with Gasteiger partial charge in [-0.3, -0.25) is 10.6 Å². The first-order valence-corrected chi connectivity index (χ1v) is 6.96. The molecule has 2 aromatic rings. The number of carbonyl (C=O) groups is 1. The van der Waals surface area contributed by atoms with Crippen LogP contribution in [0.1, 0.15) is 40.0 Å². The predicted molar refractivity (Wildman–Crippen MR) is 86.0 cm³/mol. The van der Waals surface area contributed by atoms with Gasteiger partial charge in [-0.1, -0.05) is 29.8 Å². The minimum Gasteiger partial charge on any atom is -0.346 e. The number of hydrogen-bond donors (Lipinski definition) is 3. The molecule has 0 saturated heterocycles. The van der Waals surface area contributed by atoms with Crippen LogP contribution in [0, 0.1) is 13.8 Å². The first kappa shape index (κ1) is 15.1. The summed E-state index contributed by atoms with van der Waals surface area (Å²) in [6.07, 6.45) is 0. The van der Waals surface area contributed by atoms with E-state index in [4.69, 9.17) is 5.84 Å². The number of amides is 1. The van der Waals surface area contributed by atoms with Crippen molar-refractivity contribution in [1.82, 2.24) is 5.32 Å². The maximum Gasteiger partial charge on any atom is 0.252 e. The van der Waals surface area contributed by atoms with E-state index in [2.05, 4.69) is 10.7 Å². The molecule has 21 heavy (non-hydrogen) atoms. The highest BCUT2D eigenvalue weighted by molar-refractivity contribution is 5.96. The van der Waals surface area contributed by atoms with Crippen molar-refractivity contribution >= 4 is 11.6 Å². The average molecular weight is 283 g/mol. The minimum atomic E-state index is -0.0795. The van der Waals surface area contributed by atoms with Gasteiger partial charge in [0.15, 0.2) is 0 Å². The second-order valence-electron chi connectivity index (χ2n) is 5.28. The quantitative estimate of drug-likeness (QED) is 0.596. The van der Waals surface area contributed by atoms with Gasteiger partial charge in [0.2, 0.25) is 0 Å². The molecule has 0 saturated carbocycles. The molecule has 0 radical (unpaired) electrons. The molecule has 0 aliphatic carbocycles. The zero-order valence-corrected chi connectivity index (χ0v) is 12.6. The molecule has 4 N–H and O–H groups in total. The van der Waals surface area contributed by atoms with Gasteiger partial charge in [-0.15, -0.1) is 0 Å². The van der Waals surface area contributed by atoms with Crippen molar-refractivity contribution in [2.24, 2.45) is 5.84 Å². The van der Waals surface area contributed by atoms with Crippen LogP contribution in [0.4, 0.5) is 5.69 Å². The first-order chi connectivity index (χ1) is 10.0. The average Bonchev–Trinajstić information content (AvgIpc) is 2.47. The Balaban J connectivity index is 2.12. The van der Waals surface area contributed by atoms with Crippen LogP contribution in [0.2, 0.25) is 0 Å². The van der Waals surface area contributed by atoms with Crippen molar-refractivity contribution < 1.29 is 4.79 Å². The molecular formula is C17H21N3O. The normalized spacial score (nSPS) is 11.8. The minimum absolute atomic E-state index is 0.0372. The standard InChI is InChI=1S/C17H21N3O/c1-11-4-6-14(7-5-11)13(3)19-17(21)16-9-8-15(20-18)10-12(16)2/h4-10,13,20H,18H2,1-3H3,(H,19,21). The number of hydrazine groups is 1. The number of carbonyl (C=O) groups excluding carboxylic acids is 1. The lowest BCUT2D eigenvalue weighted by atomic mass is 10.0. The largest absolute Gasteiger partial charge is 0.346 e. The number of nitrogens with two attached hydrogens (primary N) is 1. The topological polar surface area (TPSA) is 67.2 Å². The van der Waals surface area contributed by atoms with Crippen LogP contribution in [0.3, 0.4) is 0 Å². The first-order valence-electron chi connectivity index (χ1n) is 6.96. The molecule has 110 valence electrons. The number of rotatable bonds is 4. The molecule has 0 aliphatic heterocycles. The summed E-state index contributed by atoms with van der Waals surface area (Å²) in [5, 5.41) is 3.02. The molecular weight excluding hydrogens is 262 g/mol. The molecule has 1 amide bonds. The Morgan fingerprint density at radius 3 is 2.33 bits per heavy atom. The van der Waals surface area contributed by atoms with Gasteiger partial charge in [0.05, 0.1) is 6.04 Å². The van der Waals surface area contributed by atoms with E-state index >= 15 is 0 Å². The van der Waals surface area contributed by atoms with Gasteiger partial charge in [-0.25, -0.2) is 0 Å². The molecule has 0 spiro atoms. The smallest absolute Gasteiger partial charge is 0.252 e. The molecule has 0 fully saturated rings. The lowest BCUT2D eigenvalue weighted by Gasteiger charge is -2.16. The molecule has 2 aromatic carbocycles. The molecule has 4 heteroatoms. The zero-order valence-electron chi connectivity index (χ0n) is 12.6. The number of benzene rings is 2.